The van der Waals surface area contributed by atoms with E-state index in [1.807, 2.05) is 116 Å². The third kappa shape index (κ3) is 22.4. The number of aromatic nitrogens is 19. The Morgan fingerprint density at radius 3 is 1.34 bits per heavy atom. The Kier molecular flexibility index (Phi) is 31.3. The maximum Gasteiger partial charge on any atom is 0.417 e. The largest absolute Gasteiger partial charge is 0.417 e. The van der Waals surface area contributed by atoms with Crippen LogP contribution >= 0.6 is 0 Å². The fraction of sp³-hybridized carbons (Fsp3) is 0.389. The van der Waals surface area contributed by atoms with Gasteiger partial charge in [-0.2, -0.15) is 36.5 Å². The third-order valence-electron chi connectivity index (χ3n) is 30.5. The van der Waals surface area contributed by atoms with Crippen LogP contribution in [0.15, 0.2) is 227 Å². The Morgan fingerprint density at radius 1 is 0.267 bits per heavy atom. The Hall–Kier alpha value is -13.5. The van der Waals surface area contributed by atoms with Crippen molar-refractivity contribution < 1.29 is 26.3 Å². The first-order valence-corrected chi connectivity index (χ1v) is 50.7. The van der Waals surface area contributed by atoms with Gasteiger partial charge in [0, 0.05) is 201 Å². The summed E-state index contributed by atoms with van der Waals surface area (Å²) in [7, 11) is 16.8. The van der Waals surface area contributed by atoms with Crippen molar-refractivity contribution in [3.05, 3.63) is 294 Å². The molecule has 8 fully saturated rings. The molecule has 0 spiro atoms. The molecule has 0 unspecified atom stereocenters. The highest BCUT2D eigenvalue weighted by molar-refractivity contribution is 6.06. The van der Waals surface area contributed by atoms with Crippen LogP contribution in [0, 0.1) is 13.8 Å². The van der Waals surface area contributed by atoms with Crippen LogP contribution < -0.4 is 0 Å². The van der Waals surface area contributed by atoms with Gasteiger partial charge in [0.05, 0.1) is 85.6 Å². The molecular weight excluding hydrogens is 1850 g/mol. The second-order valence-corrected chi connectivity index (χ2v) is 39.7. The number of fused-ring (bicyclic) bond motifs is 11. The summed E-state index contributed by atoms with van der Waals surface area (Å²) >= 11 is 0. The molecule has 27 nitrogen and oxygen atoms in total. The quantitative estimate of drug-likeness (QED) is 0.0776. The van der Waals surface area contributed by atoms with Crippen LogP contribution in [0.4, 0.5) is 26.3 Å². The summed E-state index contributed by atoms with van der Waals surface area (Å²) in [6.07, 6.45) is 42.6. The minimum atomic E-state index is -4.43. The van der Waals surface area contributed by atoms with Gasteiger partial charge in [-0.05, 0) is 331 Å². The number of para-hydroxylation sites is 2. The highest BCUT2D eigenvalue weighted by Gasteiger charge is 2.42. The standard InChI is InChI=1S/C18H19N3.C17H17N3.C14H14F3N3.C13H13F3N4.C13H16N4.2C13H15N3.C12H14N4/c1-12-14-10-13-6-3-4-7-16(13)20-18(14)15(11-19-12)17-8-5-9-21(17)2;1-20-8-4-7-17(20)15-10-18-9-13-12-5-2-3-6-16(12)19-11-14(13)15;1-20-6-2-3-12(20)10-7-19-11-8-18-5-4-9(11)13(10)14(15,16)17;1-20-6-2-3-10(20)9-7-17-12-8(4-5-18-19-12)11(9)13(14,15)16;1-9-10(12-4-3-5-17(12)2)6-15-11-7-14-8-16-13(9)11;1-16-7-3-5-13(16)10-8-12-11(15-9-10)4-2-6-14-12;1-16-6-2-3-13(16)11-7-10-8-14-5-4-12(10)15-9-11;1-16-6-2-3-12(16)9-7-11-10(13-8-9)4-5-14-15-11/h3-4,6-7,10-11,17H,5,8-9H2,1-2H3;2-3,5-6,9-11,17H,4,7-8H2,1H3;4-5,7-8,12H,2-3,6H2,1H3;4-5,7,10H,2-3,6H2,1H3;6-8,12H,3-5H2,1-2H3;2,4,6,8-9,13H,3,5,7H2,1H3;4-5,7-9,13H,2-3,6H2,1H3;4-5,7-8,12H,2-3,6H2,1H3/t2*17-;12-;10-;12-;2*13-;12-/m00000000/s1. The van der Waals surface area contributed by atoms with Gasteiger partial charge in [0.15, 0.2) is 5.65 Å². The van der Waals surface area contributed by atoms with Gasteiger partial charge in [0.1, 0.15) is 17.4 Å². The number of alkyl halides is 6. The average molecular weight is 1970 g/mol. The van der Waals surface area contributed by atoms with Crippen molar-refractivity contribution in [2.24, 2.45) is 0 Å². The summed E-state index contributed by atoms with van der Waals surface area (Å²) in [4.78, 5) is 83.7. The van der Waals surface area contributed by atoms with E-state index in [2.05, 4.69) is 242 Å². The van der Waals surface area contributed by atoms with Crippen LogP contribution in [0.2, 0.25) is 0 Å². The first-order chi connectivity index (χ1) is 70.8. The van der Waals surface area contributed by atoms with Crippen LogP contribution in [-0.2, 0) is 12.4 Å². The van der Waals surface area contributed by atoms with Crippen LogP contribution in [0.5, 0.6) is 0 Å². The van der Waals surface area contributed by atoms with E-state index in [1.165, 1.54) is 219 Å². The van der Waals surface area contributed by atoms with Gasteiger partial charge in [-0.25, -0.2) is 19.9 Å². The number of aryl methyl sites for hydroxylation is 2. The van der Waals surface area contributed by atoms with Gasteiger partial charge in [-0.15, -0.1) is 10.2 Å². The summed E-state index contributed by atoms with van der Waals surface area (Å²) < 4.78 is 80.9. The van der Waals surface area contributed by atoms with E-state index in [9.17, 15) is 26.3 Å². The first kappa shape index (κ1) is 101. The van der Waals surface area contributed by atoms with Crippen LogP contribution in [-0.4, -0.2) is 243 Å². The van der Waals surface area contributed by atoms with Gasteiger partial charge in [-0.3, -0.25) is 94.0 Å². The van der Waals surface area contributed by atoms with Crippen LogP contribution in [0.1, 0.15) is 218 Å². The smallest absolute Gasteiger partial charge is 0.299 e. The number of likely N-dealkylation sites (tertiary alicyclic amines) is 8. The normalized spacial score (nSPS) is 20.8. The van der Waals surface area contributed by atoms with Crippen molar-refractivity contribution in [1.29, 1.82) is 0 Å². The molecule has 24 heterocycles. The minimum absolute atomic E-state index is 0.0188. The molecule has 8 aliphatic heterocycles. The van der Waals surface area contributed by atoms with Gasteiger partial charge >= 0.3 is 12.4 Å². The van der Waals surface area contributed by atoms with Crippen LogP contribution in [0.3, 0.4) is 0 Å². The lowest BCUT2D eigenvalue weighted by molar-refractivity contribution is -0.138. The van der Waals surface area contributed by atoms with Gasteiger partial charge in [-0.1, -0.05) is 36.4 Å². The van der Waals surface area contributed by atoms with E-state index in [0.29, 0.717) is 42.7 Å². The van der Waals surface area contributed by atoms with Crippen molar-refractivity contribution in [2.45, 2.75) is 177 Å². The lowest BCUT2D eigenvalue weighted by atomic mass is 9.97. The molecule has 752 valence electrons. The van der Waals surface area contributed by atoms with Crippen molar-refractivity contribution >= 4 is 109 Å². The number of hydrogen-bond acceptors (Lipinski definition) is 27. The number of pyridine rings is 13. The summed E-state index contributed by atoms with van der Waals surface area (Å²) in [5, 5.41) is 22.6. The fourth-order valence-electron chi connectivity index (χ4n) is 22.7. The van der Waals surface area contributed by atoms with E-state index in [1.54, 1.807) is 24.9 Å². The van der Waals surface area contributed by atoms with Gasteiger partial charge in [0.25, 0.3) is 0 Å². The zero-order valence-electron chi connectivity index (χ0n) is 84.3. The molecule has 8 saturated heterocycles. The number of hydrogen-bond donors (Lipinski definition) is 0. The van der Waals surface area contributed by atoms with Crippen molar-refractivity contribution in [3.8, 4) is 0 Å². The molecule has 18 aromatic rings. The Bertz CT molecular complexity index is 7300. The Morgan fingerprint density at radius 2 is 0.726 bits per heavy atom. The number of rotatable bonds is 8. The lowest BCUT2D eigenvalue weighted by Gasteiger charge is -2.24. The maximum atomic E-state index is 13.5. The highest BCUT2D eigenvalue weighted by atomic mass is 19.4. The fourth-order valence-corrected chi connectivity index (χ4v) is 22.7. The molecular formula is C113H123F6N27. The molecule has 0 bridgehead atoms. The molecule has 0 radical (unpaired) electrons. The zero-order chi connectivity index (χ0) is 101. The molecule has 16 aromatic heterocycles. The van der Waals surface area contributed by atoms with E-state index in [4.69, 9.17) is 4.98 Å². The number of halogens is 6. The number of nitrogens with zero attached hydrogens (tertiary/aromatic N) is 27. The molecule has 0 aliphatic carbocycles. The van der Waals surface area contributed by atoms with Crippen molar-refractivity contribution in [3.63, 3.8) is 0 Å². The molecule has 2 aromatic carbocycles. The molecule has 8 atom stereocenters. The van der Waals surface area contributed by atoms with Gasteiger partial charge in [0.2, 0.25) is 0 Å². The molecule has 146 heavy (non-hydrogen) atoms. The Balaban J connectivity index is 0.000000105. The molecule has 0 N–H and O–H groups in total. The zero-order valence-corrected chi connectivity index (χ0v) is 84.3. The average Bonchev–Trinajstić information content (AvgIpc) is 1.46. The van der Waals surface area contributed by atoms with Crippen molar-refractivity contribution in [1.82, 2.24) is 134 Å². The van der Waals surface area contributed by atoms with Gasteiger partial charge < -0.3 is 0 Å². The lowest BCUT2D eigenvalue weighted by Crippen LogP contribution is -2.22. The molecule has 8 aliphatic rings. The predicted molar refractivity (Wildman–Crippen MR) is 561 cm³/mol. The summed E-state index contributed by atoms with van der Waals surface area (Å²) in [6.45, 7) is 12.9. The minimum Gasteiger partial charge on any atom is -0.299 e. The van der Waals surface area contributed by atoms with Crippen molar-refractivity contribution in [2.75, 3.05) is 109 Å². The first-order valence-electron chi connectivity index (χ1n) is 50.7. The molecule has 0 saturated carbocycles. The van der Waals surface area contributed by atoms with E-state index in [-0.39, 0.29) is 45.1 Å². The SMILES string of the molecule is CN1CCC[C@H]1c1cnc2cccnc2c1.CN1CCC[C@H]1c1cnc2ccncc2c1.CN1CCC[C@H]1c1cnc2ccnnc2c1.CN1CCC[C@H]1c1cnc2cnccc2c1C(F)(F)F.CN1CCC[C@H]1c1cnc2nnccc2c1C(F)(F)F.CN1CCC[C@H]1c1cncc2c1cnc1ccccc12.Cc1c([C@@H]2CCCN2C)cnc2cncnc12.Cc1ncc([C@@H]2CCCN2C)c2nc3ccccc3cc12. The second kappa shape index (κ2) is 45.2. The van der Waals surface area contributed by atoms with E-state index < -0.39 is 23.5 Å². The van der Waals surface area contributed by atoms with E-state index in [0.717, 1.165) is 105 Å². The maximum absolute atomic E-state index is 13.5. The van der Waals surface area contributed by atoms with E-state index >= 15 is 0 Å². The third-order valence-corrected chi connectivity index (χ3v) is 30.5. The monoisotopic (exact) mass is 1970 g/mol. The summed E-state index contributed by atoms with van der Waals surface area (Å²) in [5.74, 6) is 0. The molecule has 26 rings (SSSR count). The topological polar surface area (TPSA) is 271 Å². The molecule has 0 amide bonds. The predicted octanol–water partition coefficient (Wildman–Crippen LogP) is 22.3. The summed E-state index contributed by atoms with van der Waals surface area (Å²) in [6, 6.07) is 38.4. The number of benzene rings is 2. The van der Waals surface area contributed by atoms with Crippen LogP contribution in [0.25, 0.3) is 109 Å². The highest BCUT2D eigenvalue weighted by Crippen LogP contribution is 2.47. The molecule has 33 heteroatoms. The summed E-state index contributed by atoms with van der Waals surface area (Å²) in [5.41, 5.74) is 19.6. The second-order valence-electron chi connectivity index (χ2n) is 39.7. The Labute approximate surface area is 845 Å².